The Bertz CT molecular complexity index is 883. The van der Waals surface area contributed by atoms with Crippen LogP contribution in [0.15, 0.2) is 48.5 Å². The van der Waals surface area contributed by atoms with Gasteiger partial charge in [0.25, 0.3) is 0 Å². The number of hydrogen-bond donors (Lipinski definition) is 1. The van der Waals surface area contributed by atoms with E-state index >= 15 is 0 Å². The van der Waals surface area contributed by atoms with Crippen LogP contribution >= 0.6 is 0 Å². The molecule has 0 radical (unpaired) electrons. The van der Waals surface area contributed by atoms with Crippen molar-refractivity contribution in [1.29, 1.82) is 0 Å². The van der Waals surface area contributed by atoms with Crippen molar-refractivity contribution in [2.75, 3.05) is 13.2 Å². The molecule has 0 heterocycles. The predicted molar refractivity (Wildman–Crippen MR) is 111 cm³/mol. The largest absolute Gasteiger partial charge is 0.464 e. The van der Waals surface area contributed by atoms with E-state index in [9.17, 15) is 9.59 Å². The molecule has 0 aliphatic heterocycles. The zero-order chi connectivity index (χ0) is 20.8. The minimum atomic E-state index is -0.922. The van der Waals surface area contributed by atoms with Gasteiger partial charge in [-0.2, -0.15) is 0 Å². The molecule has 1 aliphatic carbocycles. The van der Waals surface area contributed by atoms with E-state index in [4.69, 9.17) is 15.9 Å². The molecule has 5 nitrogen and oxygen atoms in total. The van der Waals surface area contributed by atoms with Gasteiger partial charge in [0.15, 0.2) is 0 Å². The maximum absolute atomic E-state index is 12.3. The van der Waals surface area contributed by atoms with Gasteiger partial charge in [0.1, 0.15) is 12.6 Å². The average molecular weight is 391 g/mol. The molecule has 0 bridgehead atoms. The third-order valence-corrected chi connectivity index (χ3v) is 4.80. The lowest BCUT2D eigenvalue weighted by Crippen LogP contribution is -2.42. The Labute approximate surface area is 171 Å². The van der Waals surface area contributed by atoms with E-state index in [1.807, 2.05) is 50.2 Å². The number of nitrogens with one attached hydrogen (secondary N) is 1. The topological polar surface area (TPSA) is 64.6 Å². The molecular weight excluding hydrogens is 366 g/mol. The van der Waals surface area contributed by atoms with Gasteiger partial charge in [-0.15, -0.1) is 12.3 Å². The Morgan fingerprint density at radius 1 is 1.03 bits per heavy atom. The van der Waals surface area contributed by atoms with Crippen LogP contribution in [0.2, 0.25) is 0 Å². The lowest BCUT2D eigenvalue weighted by Gasteiger charge is -2.18. The lowest BCUT2D eigenvalue weighted by molar-refractivity contribution is -0.147. The molecule has 1 atom stereocenters. The number of fused-ring (bicyclic) bond motifs is 3. The second-order valence-electron chi connectivity index (χ2n) is 7.45. The van der Waals surface area contributed by atoms with Crippen LogP contribution < -0.4 is 5.32 Å². The van der Waals surface area contributed by atoms with E-state index in [1.165, 1.54) is 0 Å². The monoisotopic (exact) mass is 391 g/mol. The highest BCUT2D eigenvalue weighted by molar-refractivity contribution is 5.82. The van der Waals surface area contributed by atoms with Crippen molar-refractivity contribution >= 4 is 12.1 Å². The van der Waals surface area contributed by atoms with E-state index < -0.39 is 18.1 Å². The SMILES string of the molecule is C#CCC(NC(=O)OCC1c2ccccc2-c2ccccc21)C(=O)OCC(C)C. The van der Waals surface area contributed by atoms with Crippen molar-refractivity contribution < 1.29 is 19.1 Å². The van der Waals surface area contributed by atoms with Crippen LogP contribution in [0.1, 0.15) is 37.3 Å². The van der Waals surface area contributed by atoms with Gasteiger partial charge in [0.2, 0.25) is 0 Å². The molecular formula is C24H25NO4. The van der Waals surface area contributed by atoms with Crippen molar-refractivity contribution in [1.82, 2.24) is 5.32 Å². The van der Waals surface area contributed by atoms with Crippen LogP contribution in [0, 0.1) is 18.3 Å². The number of esters is 1. The fourth-order valence-corrected chi connectivity index (χ4v) is 3.44. The Morgan fingerprint density at radius 3 is 2.17 bits per heavy atom. The Balaban J connectivity index is 1.64. The zero-order valence-corrected chi connectivity index (χ0v) is 16.7. The van der Waals surface area contributed by atoms with Crippen LogP contribution in [0.3, 0.4) is 0 Å². The van der Waals surface area contributed by atoms with E-state index in [-0.39, 0.29) is 31.5 Å². The van der Waals surface area contributed by atoms with E-state index in [0.717, 1.165) is 22.3 Å². The third kappa shape index (κ3) is 4.78. The summed E-state index contributed by atoms with van der Waals surface area (Å²) < 4.78 is 10.7. The summed E-state index contributed by atoms with van der Waals surface area (Å²) in [6.07, 6.45) is 4.69. The molecule has 2 aromatic carbocycles. The van der Waals surface area contributed by atoms with Gasteiger partial charge >= 0.3 is 12.1 Å². The maximum atomic E-state index is 12.3. The number of benzene rings is 2. The summed E-state index contributed by atoms with van der Waals surface area (Å²) in [7, 11) is 0. The van der Waals surface area contributed by atoms with Crippen molar-refractivity contribution in [3.8, 4) is 23.5 Å². The van der Waals surface area contributed by atoms with Gasteiger partial charge in [0.05, 0.1) is 6.61 Å². The van der Waals surface area contributed by atoms with E-state index in [2.05, 4.69) is 23.4 Å². The second-order valence-corrected chi connectivity index (χ2v) is 7.45. The number of amides is 1. The first-order valence-corrected chi connectivity index (χ1v) is 9.72. The highest BCUT2D eigenvalue weighted by Gasteiger charge is 2.29. The smallest absolute Gasteiger partial charge is 0.407 e. The summed E-state index contributed by atoms with van der Waals surface area (Å²) >= 11 is 0. The zero-order valence-electron chi connectivity index (χ0n) is 16.7. The molecule has 1 N–H and O–H groups in total. The van der Waals surface area contributed by atoms with Crippen LogP contribution in [-0.2, 0) is 14.3 Å². The maximum Gasteiger partial charge on any atom is 0.407 e. The van der Waals surface area contributed by atoms with Gasteiger partial charge < -0.3 is 14.8 Å². The van der Waals surface area contributed by atoms with Gasteiger partial charge in [-0.25, -0.2) is 9.59 Å². The number of alkyl carbamates (subject to hydrolysis) is 1. The minimum Gasteiger partial charge on any atom is -0.464 e. The number of hydrogen-bond acceptors (Lipinski definition) is 4. The highest BCUT2D eigenvalue weighted by atomic mass is 16.6. The molecule has 0 saturated carbocycles. The molecule has 0 aromatic heterocycles. The summed E-state index contributed by atoms with van der Waals surface area (Å²) in [6, 6.07) is 15.3. The molecule has 3 rings (SSSR count). The molecule has 5 heteroatoms. The molecule has 1 unspecified atom stereocenters. The van der Waals surface area contributed by atoms with Gasteiger partial charge in [0, 0.05) is 12.3 Å². The number of ether oxygens (including phenoxy) is 2. The molecule has 29 heavy (non-hydrogen) atoms. The average Bonchev–Trinajstić information content (AvgIpc) is 3.04. The summed E-state index contributed by atoms with van der Waals surface area (Å²) in [5.41, 5.74) is 4.55. The number of rotatable bonds is 7. The summed E-state index contributed by atoms with van der Waals surface area (Å²) in [4.78, 5) is 24.5. The van der Waals surface area contributed by atoms with Crippen molar-refractivity contribution in [2.24, 2.45) is 5.92 Å². The third-order valence-electron chi connectivity index (χ3n) is 4.80. The summed E-state index contributed by atoms with van der Waals surface area (Å²) in [5, 5.41) is 2.54. The first-order chi connectivity index (χ1) is 14.0. The molecule has 2 aromatic rings. The highest BCUT2D eigenvalue weighted by Crippen LogP contribution is 2.44. The van der Waals surface area contributed by atoms with Crippen molar-refractivity contribution in [3.63, 3.8) is 0 Å². The van der Waals surface area contributed by atoms with E-state index in [1.54, 1.807) is 0 Å². The minimum absolute atomic E-state index is 0.0428. The fourth-order valence-electron chi connectivity index (χ4n) is 3.44. The Morgan fingerprint density at radius 2 is 1.62 bits per heavy atom. The Kier molecular flexibility index (Phi) is 6.56. The molecule has 1 aliphatic rings. The molecule has 0 saturated heterocycles. The number of carbonyl (C=O) groups excluding carboxylic acids is 2. The quantitative estimate of drug-likeness (QED) is 0.570. The predicted octanol–water partition coefficient (Wildman–Crippen LogP) is 4.12. The van der Waals surface area contributed by atoms with Crippen molar-refractivity contribution in [2.45, 2.75) is 32.2 Å². The van der Waals surface area contributed by atoms with Gasteiger partial charge in [-0.05, 0) is 28.2 Å². The fraction of sp³-hybridized carbons (Fsp3) is 0.333. The van der Waals surface area contributed by atoms with E-state index in [0.29, 0.717) is 0 Å². The van der Waals surface area contributed by atoms with Gasteiger partial charge in [-0.3, -0.25) is 0 Å². The molecule has 150 valence electrons. The van der Waals surface area contributed by atoms with Crippen LogP contribution in [0.5, 0.6) is 0 Å². The first-order valence-electron chi connectivity index (χ1n) is 9.72. The molecule has 0 fully saturated rings. The number of terminal acetylenes is 1. The van der Waals surface area contributed by atoms with Crippen LogP contribution in [0.25, 0.3) is 11.1 Å². The normalized spacial score (nSPS) is 13.2. The summed E-state index contributed by atoms with van der Waals surface area (Å²) in [6.45, 7) is 4.31. The Hall–Kier alpha value is -3.26. The lowest BCUT2D eigenvalue weighted by atomic mass is 9.98. The van der Waals surface area contributed by atoms with Crippen molar-refractivity contribution in [3.05, 3.63) is 59.7 Å². The van der Waals surface area contributed by atoms with Gasteiger partial charge in [-0.1, -0.05) is 62.4 Å². The first kappa shape index (κ1) is 20.5. The van der Waals surface area contributed by atoms with Crippen LogP contribution in [-0.4, -0.2) is 31.3 Å². The standard InChI is InChI=1S/C24H25NO4/c1-4-9-22(23(26)28-14-16(2)3)25-24(27)29-15-21-19-12-7-5-10-17(19)18-11-6-8-13-20(18)21/h1,5-8,10-13,16,21-22H,9,14-15H2,2-3H3,(H,25,27). The second kappa shape index (κ2) is 9.29. The summed E-state index contributed by atoms with van der Waals surface area (Å²) in [5.74, 6) is 1.99. The molecule has 0 spiro atoms. The number of carbonyl (C=O) groups is 2. The molecule has 1 amide bonds. The van der Waals surface area contributed by atoms with Crippen LogP contribution in [0.4, 0.5) is 4.79 Å².